The molecule has 1 N–H and O–H groups in total. The Morgan fingerprint density at radius 1 is 1.25 bits per heavy atom. The average molecular weight is 379 g/mol. The van der Waals surface area contributed by atoms with Gasteiger partial charge in [-0.3, -0.25) is 9.48 Å². The number of aliphatic hydroxyl groups excluding tert-OH is 1. The molecular weight excluding hydrogens is 354 g/mol. The Hall–Kier alpha value is -2.93. The van der Waals surface area contributed by atoms with E-state index in [1.165, 1.54) is 0 Å². The lowest BCUT2D eigenvalue weighted by atomic mass is 10.1. The predicted octanol–water partition coefficient (Wildman–Crippen LogP) is 2.16. The third kappa shape index (κ3) is 3.71. The lowest BCUT2D eigenvalue weighted by molar-refractivity contribution is -0.132. The van der Waals surface area contributed by atoms with Crippen LogP contribution in [0.5, 0.6) is 0 Å². The molecule has 1 amide bonds. The van der Waals surface area contributed by atoms with Gasteiger partial charge in [-0.25, -0.2) is 4.98 Å². The number of hydrogen-bond donors (Lipinski definition) is 1. The third-order valence-corrected chi connectivity index (χ3v) is 5.25. The zero-order valence-corrected chi connectivity index (χ0v) is 16.0. The summed E-state index contributed by atoms with van der Waals surface area (Å²) in [7, 11) is 0. The minimum Gasteiger partial charge on any atom is -0.382 e. The molecule has 1 aliphatic heterocycles. The number of aliphatic hydroxyl groups is 1. The number of fused-ring (bicyclic) bond motifs is 1. The molecule has 3 aromatic rings. The molecule has 0 saturated carbocycles. The van der Waals surface area contributed by atoms with Gasteiger partial charge < -0.3 is 14.6 Å². The van der Waals surface area contributed by atoms with Crippen molar-refractivity contribution in [1.82, 2.24) is 24.2 Å². The van der Waals surface area contributed by atoms with Crippen LogP contribution in [0.2, 0.25) is 0 Å². The van der Waals surface area contributed by atoms with Crippen LogP contribution in [-0.4, -0.2) is 41.8 Å². The molecule has 7 heteroatoms. The maximum atomic E-state index is 12.7. The second-order valence-corrected chi connectivity index (χ2v) is 7.05. The highest BCUT2D eigenvalue weighted by atomic mass is 16.3. The van der Waals surface area contributed by atoms with Gasteiger partial charge in [0.2, 0.25) is 5.91 Å². The van der Waals surface area contributed by atoms with E-state index in [1.807, 2.05) is 56.7 Å². The summed E-state index contributed by atoms with van der Waals surface area (Å²) >= 11 is 0. The predicted molar refractivity (Wildman–Crippen MR) is 104 cm³/mol. The first-order valence-electron chi connectivity index (χ1n) is 9.73. The van der Waals surface area contributed by atoms with Gasteiger partial charge in [0, 0.05) is 38.3 Å². The molecule has 2 aromatic heterocycles. The topological polar surface area (TPSA) is 76.2 Å². The highest BCUT2D eigenvalue weighted by Crippen LogP contribution is 2.23. The van der Waals surface area contributed by atoms with Crippen molar-refractivity contribution in [3.63, 3.8) is 0 Å². The fourth-order valence-corrected chi connectivity index (χ4v) is 3.67. The van der Waals surface area contributed by atoms with Crippen LogP contribution in [0, 0.1) is 0 Å². The summed E-state index contributed by atoms with van der Waals surface area (Å²) < 4.78 is 3.94. The third-order valence-electron chi connectivity index (χ3n) is 5.25. The first-order chi connectivity index (χ1) is 13.7. The van der Waals surface area contributed by atoms with Crippen molar-refractivity contribution in [2.24, 2.45) is 0 Å². The highest BCUT2D eigenvalue weighted by Gasteiger charge is 2.24. The van der Waals surface area contributed by atoms with Crippen LogP contribution in [0.25, 0.3) is 0 Å². The number of carbonyl (C=O) groups is 1. The number of hydrogen-bond acceptors (Lipinski definition) is 4. The lowest BCUT2D eigenvalue weighted by Gasteiger charge is -2.27. The number of aromatic nitrogens is 4. The van der Waals surface area contributed by atoms with Crippen LogP contribution in [0.1, 0.15) is 42.2 Å². The molecule has 0 spiro atoms. The van der Waals surface area contributed by atoms with Crippen LogP contribution in [0.3, 0.4) is 0 Å². The van der Waals surface area contributed by atoms with Gasteiger partial charge in [0.25, 0.3) is 0 Å². The van der Waals surface area contributed by atoms with E-state index >= 15 is 0 Å². The zero-order valence-electron chi connectivity index (χ0n) is 16.0. The molecule has 0 bridgehead atoms. The van der Waals surface area contributed by atoms with Crippen molar-refractivity contribution in [1.29, 1.82) is 0 Å². The van der Waals surface area contributed by atoms with Gasteiger partial charge in [-0.2, -0.15) is 5.10 Å². The summed E-state index contributed by atoms with van der Waals surface area (Å²) in [6, 6.07) is 11.4. The van der Waals surface area contributed by atoms with Crippen LogP contribution < -0.4 is 0 Å². The molecule has 146 valence electrons. The van der Waals surface area contributed by atoms with Crippen LogP contribution in [0.4, 0.5) is 0 Å². The summed E-state index contributed by atoms with van der Waals surface area (Å²) in [5.74, 6) is 1.14. The molecule has 0 radical (unpaired) electrons. The Kier molecular flexibility index (Phi) is 5.25. The number of carbonyl (C=O) groups excluding carboxylic acids is 1. The highest BCUT2D eigenvalue weighted by molar-refractivity contribution is 5.76. The molecule has 0 unspecified atom stereocenters. The second-order valence-electron chi connectivity index (χ2n) is 7.05. The van der Waals surface area contributed by atoms with E-state index in [2.05, 4.69) is 17.0 Å². The number of nitrogens with zero attached hydrogens (tertiary/aromatic N) is 5. The number of imidazole rings is 1. The molecule has 1 aliphatic rings. The van der Waals surface area contributed by atoms with E-state index in [4.69, 9.17) is 0 Å². The van der Waals surface area contributed by atoms with Gasteiger partial charge in [-0.1, -0.05) is 37.3 Å². The molecule has 1 atom stereocenters. The van der Waals surface area contributed by atoms with Crippen molar-refractivity contribution in [2.75, 3.05) is 6.54 Å². The van der Waals surface area contributed by atoms with Gasteiger partial charge in [0.15, 0.2) is 0 Å². The minimum atomic E-state index is -0.753. The van der Waals surface area contributed by atoms with Gasteiger partial charge in [-0.15, -0.1) is 0 Å². The molecule has 4 rings (SSSR count). The number of aryl methyl sites for hydroxylation is 2. The van der Waals surface area contributed by atoms with E-state index in [0.29, 0.717) is 38.3 Å². The van der Waals surface area contributed by atoms with Crippen molar-refractivity contribution in [2.45, 2.75) is 45.5 Å². The molecule has 28 heavy (non-hydrogen) atoms. The first kappa shape index (κ1) is 18.4. The molecular formula is C21H25N5O2. The van der Waals surface area contributed by atoms with Crippen molar-refractivity contribution < 1.29 is 9.90 Å². The maximum Gasteiger partial charge on any atom is 0.224 e. The standard InChI is InChI=1S/C21H25N5O2/c1-2-19-22-9-11-24(19)10-8-20(27)25-12-13-26-17(15-25)14-18(23-26)21(28)16-6-4-3-5-7-16/h3-7,9,11,14,21,28H,2,8,10,12-13,15H2,1H3/t21-/m0/s1. The Morgan fingerprint density at radius 2 is 2.07 bits per heavy atom. The Balaban J connectivity index is 1.40. The van der Waals surface area contributed by atoms with Gasteiger partial charge in [0.05, 0.1) is 24.5 Å². The zero-order chi connectivity index (χ0) is 19.5. The first-order valence-corrected chi connectivity index (χ1v) is 9.73. The molecule has 0 fully saturated rings. The number of rotatable bonds is 6. The number of amides is 1. The van der Waals surface area contributed by atoms with Crippen molar-refractivity contribution in [3.8, 4) is 0 Å². The fraction of sp³-hybridized carbons (Fsp3) is 0.381. The minimum absolute atomic E-state index is 0.133. The van der Waals surface area contributed by atoms with E-state index < -0.39 is 6.10 Å². The summed E-state index contributed by atoms with van der Waals surface area (Å²) in [6.45, 7) is 4.52. The molecule has 3 heterocycles. The Bertz CT molecular complexity index is 947. The van der Waals surface area contributed by atoms with Crippen LogP contribution in [0.15, 0.2) is 48.8 Å². The molecule has 0 aliphatic carbocycles. The lowest BCUT2D eigenvalue weighted by Crippen LogP contribution is -2.38. The average Bonchev–Trinajstić information content (AvgIpc) is 3.37. The SMILES string of the molecule is CCc1nccn1CCC(=O)N1CCn2nc([C@@H](O)c3ccccc3)cc2C1. The second kappa shape index (κ2) is 7.98. The Morgan fingerprint density at radius 3 is 2.86 bits per heavy atom. The van der Waals surface area contributed by atoms with E-state index in [-0.39, 0.29) is 5.91 Å². The molecule has 7 nitrogen and oxygen atoms in total. The van der Waals surface area contributed by atoms with Crippen LogP contribution in [-0.2, 0) is 30.8 Å². The van der Waals surface area contributed by atoms with E-state index in [1.54, 1.807) is 6.20 Å². The van der Waals surface area contributed by atoms with Gasteiger partial charge in [0.1, 0.15) is 11.9 Å². The quantitative estimate of drug-likeness (QED) is 0.712. The van der Waals surface area contributed by atoms with Gasteiger partial charge in [-0.05, 0) is 11.6 Å². The summed E-state index contributed by atoms with van der Waals surface area (Å²) in [5, 5.41) is 15.1. The van der Waals surface area contributed by atoms with Crippen molar-refractivity contribution >= 4 is 5.91 Å². The molecule has 0 saturated heterocycles. The summed E-state index contributed by atoms with van der Waals surface area (Å²) in [5.41, 5.74) is 2.40. The van der Waals surface area contributed by atoms with Crippen molar-refractivity contribution in [3.05, 3.63) is 71.6 Å². The summed E-state index contributed by atoms with van der Waals surface area (Å²) in [6.07, 6.45) is 4.27. The number of benzene rings is 1. The Labute approximate surface area is 164 Å². The van der Waals surface area contributed by atoms with Gasteiger partial charge >= 0.3 is 0 Å². The van der Waals surface area contributed by atoms with Crippen LogP contribution >= 0.6 is 0 Å². The largest absolute Gasteiger partial charge is 0.382 e. The maximum absolute atomic E-state index is 12.7. The van der Waals surface area contributed by atoms with E-state index in [0.717, 1.165) is 23.5 Å². The molecule has 1 aromatic carbocycles. The fourth-order valence-electron chi connectivity index (χ4n) is 3.67. The smallest absolute Gasteiger partial charge is 0.224 e. The summed E-state index contributed by atoms with van der Waals surface area (Å²) in [4.78, 5) is 18.9. The monoisotopic (exact) mass is 379 g/mol. The van der Waals surface area contributed by atoms with E-state index in [9.17, 15) is 9.90 Å². The normalized spacial score (nSPS) is 14.7.